The summed E-state index contributed by atoms with van der Waals surface area (Å²) in [5.41, 5.74) is 6.35. The average molecular weight is 250 g/mol. The van der Waals surface area contributed by atoms with Crippen LogP contribution in [0.3, 0.4) is 0 Å². The third-order valence-corrected chi connectivity index (χ3v) is 6.10. The van der Waals surface area contributed by atoms with Gasteiger partial charge in [0, 0.05) is 18.6 Å². The molecule has 104 valence electrons. The number of nitrogens with zero attached hydrogens (tertiary/aromatic N) is 1. The van der Waals surface area contributed by atoms with Crippen molar-refractivity contribution in [3.05, 3.63) is 0 Å². The van der Waals surface area contributed by atoms with E-state index in [-0.39, 0.29) is 0 Å². The smallest absolute Gasteiger partial charge is 0.0246 e. The summed E-state index contributed by atoms with van der Waals surface area (Å²) < 4.78 is 0. The predicted octanol–water partition coefficient (Wildman–Crippen LogP) is 2.87. The van der Waals surface area contributed by atoms with Gasteiger partial charge < -0.3 is 10.6 Å². The molecule has 3 aliphatic rings. The minimum Gasteiger partial charge on any atom is -0.326 e. The van der Waals surface area contributed by atoms with Gasteiger partial charge in [0.2, 0.25) is 0 Å². The van der Waals surface area contributed by atoms with E-state index < -0.39 is 0 Å². The molecule has 0 spiro atoms. The van der Waals surface area contributed by atoms with Crippen molar-refractivity contribution in [1.29, 1.82) is 0 Å². The molecule has 0 saturated heterocycles. The van der Waals surface area contributed by atoms with Crippen LogP contribution in [0.5, 0.6) is 0 Å². The molecule has 0 aromatic rings. The second-order valence-corrected chi connectivity index (χ2v) is 7.52. The van der Waals surface area contributed by atoms with Crippen molar-refractivity contribution in [3.8, 4) is 0 Å². The van der Waals surface area contributed by atoms with Gasteiger partial charge in [0.15, 0.2) is 0 Å². The molecule has 2 bridgehead atoms. The maximum Gasteiger partial charge on any atom is 0.0246 e. The molecular formula is C16H30N2. The Morgan fingerprint density at radius 2 is 1.89 bits per heavy atom. The molecule has 2 nitrogen and oxygen atoms in total. The second-order valence-electron chi connectivity index (χ2n) is 7.52. The van der Waals surface area contributed by atoms with Gasteiger partial charge in [-0.25, -0.2) is 0 Å². The molecule has 0 radical (unpaired) electrons. The normalized spacial score (nSPS) is 48.0. The first-order valence-electron chi connectivity index (χ1n) is 8.09. The average Bonchev–Trinajstić information content (AvgIpc) is 2.94. The minimum atomic E-state index is 0.421. The van der Waals surface area contributed by atoms with E-state index in [9.17, 15) is 0 Å². The predicted molar refractivity (Wildman–Crippen MR) is 76.3 cm³/mol. The second kappa shape index (κ2) is 5.13. The van der Waals surface area contributed by atoms with Gasteiger partial charge in [0.05, 0.1) is 0 Å². The fourth-order valence-electron chi connectivity index (χ4n) is 4.99. The lowest BCUT2D eigenvalue weighted by Crippen LogP contribution is -2.51. The van der Waals surface area contributed by atoms with Crippen LogP contribution in [0.2, 0.25) is 0 Å². The van der Waals surface area contributed by atoms with E-state index in [2.05, 4.69) is 18.9 Å². The van der Waals surface area contributed by atoms with Crippen molar-refractivity contribution in [2.75, 3.05) is 13.6 Å². The van der Waals surface area contributed by atoms with Gasteiger partial charge in [0.1, 0.15) is 0 Å². The highest BCUT2D eigenvalue weighted by molar-refractivity contribution is 4.93. The van der Waals surface area contributed by atoms with Crippen molar-refractivity contribution in [1.82, 2.24) is 4.90 Å². The van der Waals surface area contributed by atoms with Crippen LogP contribution in [-0.2, 0) is 0 Å². The van der Waals surface area contributed by atoms with Crippen molar-refractivity contribution in [2.45, 2.75) is 64.0 Å². The number of nitrogens with two attached hydrogens (primary N) is 1. The summed E-state index contributed by atoms with van der Waals surface area (Å²) in [5.74, 6) is 3.98. The van der Waals surface area contributed by atoms with Crippen LogP contribution in [0.15, 0.2) is 0 Å². The first-order valence-corrected chi connectivity index (χ1v) is 8.09. The van der Waals surface area contributed by atoms with Gasteiger partial charge in [-0.05, 0) is 69.2 Å². The summed E-state index contributed by atoms with van der Waals surface area (Å²) in [4.78, 5) is 2.62. The number of fused-ring (bicyclic) bond motifs is 2. The quantitative estimate of drug-likeness (QED) is 0.834. The Morgan fingerprint density at radius 3 is 2.56 bits per heavy atom. The molecule has 0 aliphatic heterocycles. The summed E-state index contributed by atoms with van der Waals surface area (Å²) in [6.07, 6.45) is 9.95. The van der Waals surface area contributed by atoms with E-state index in [0.717, 1.165) is 23.7 Å². The summed E-state index contributed by atoms with van der Waals surface area (Å²) in [6, 6.07) is 1.07. The molecule has 18 heavy (non-hydrogen) atoms. The standard InChI is InChI=1S/C16H30N2/c1-11-3-6-15(17)16(7-11)18(2)10-14-9-12-4-5-13(14)8-12/h11-16H,3-10,17H2,1-2H3. The molecule has 3 saturated carbocycles. The molecule has 2 heteroatoms. The summed E-state index contributed by atoms with van der Waals surface area (Å²) in [6.45, 7) is 3.70. The molecule has 2 N–H and O–H groups in total. The fourth-order valence-corrected chi connectivity index (χ4v) is 4.99. The number of hydrogen-bond acceptors (Lipinski definition) is 2. The molecule has 3 fully saturated rings. The van der Waals surface area contributed by atoms with Gasteiger partial charge in [-0.2, -0.15) is 0 Å². The third-order valence-electron chi connectivity index (χ3n) is 6.10. The monoisotopic (exact) mass is 250 g/mol. The SMILES string of the molecule is CC1CCC(N)C(N(C)CC2CC3CCC2C3)C1. The minimum absolute atomic E-state index is 0.421. The molecular weight excluding hydrogens is 220 g/mol. The number of rotatable bonds is 3. The number of likely N-dealkylation sites (N-methyl/N-ethyl adjacent to an activating group) is 1. The molecule has 0 aromatic carbocycles. The zero-order chi connectivity index (χ0) is 12.7. The van der Waals surface area contributed by atoms with Crippen LogP contribution in [0, 0.1) is 23.7 Å². The van der Waals surface area contributed by atoms with Crippen molar-refractivity contribution in [2.24, 2.45) is 29.4 Å². The molecule has 0 heterocycles. The molecule has 0 aromatic heterocycles. The van der Waals surface area contributed by atoms with Crippen molar-refractivity contribution < 1.29 is 0 Å². The van der Waals surface area contributed by atoms with Crippen molar-refractivity contribution in [3.63, 3.8) is 0 Å². The Labute approximate surface area is 112 Å². The van der Waals surface area contributed by atoms with Gasteiger partial charge >= 0.3 is 0 Å². The van der Waals surface area contributed by atoms with E-state index in [0.29, 0.717) is 12.1 Å². The van der Waals surface area contributed by atoms with E-state index in [1.807, 2.05) is 0 Å². The highest BCUT2D eigenvalue weighted by atomic mass is 15.2. The van der Waals surface area contributed by atoms with Gasteiger partial charge in [-0.1, -0.05) is 13.3 Å². The molecule has 6 atom stereocenters. The summed E-state index contributed by atoms with van der Waals surface area (Å²) >= 11 is 0. The van der Waals surface area contributed by atoms with Crippen LogP contribution in [0.25, 0.3) is 0 Å². The number of hydrogen-bond donors (Lipinski definition) is 1. The zero-order valence-electron chi connectivity index (χ0n) is 12.1. The highest BCUT2D eigenvalue weighted by Gasteiger charge is 2.40. The maximum atomic E-state index is 6.35. The third kappa shape index (κ3) is 2.46. The molecule has 6 unspecified atom stereocenters. The lowest BCUT2D eigenvalue weighted by atomic mass is 9.82. The Kier molecular flexibility index (Phi) is 3.68. The Bertz CT molecular complexity index is 291. The lowest BCUT2D eigenvalue weighted by molar-refractivity contribution is 0.111. The van der Waals surface area contributed by atoms with Crippen molar-refractivity contribution >= 4 is 0 Å². The van der Waals surface area contributed by atoms with Crippen LogP contribution >= 0.6 is 0 Å². The van der Waals surface area contributed by atoms with Crippen LogP contribution in [-0.4, -0.2) is 30.6 Å². The first kappa shape index (κ1) is 12.9. The van der Waals surface area contributed by atoms with E-state index in [4.69, 9.17) is 5.73 Å². The van der Waals surface area contributed by atoms with Gasteiger partial charge in [-0.15, -0.1) is 0 Å². The topological polar surface area (TPSA) is 29.3 Å². The molecule has 3 rings (SSSR count). The zero-order valence-corrected chi connectivity index (χ0v) is 12.1. The lowest BCUT2D eigenvalue weighted by Gasteiger charge is -2.40. The molecule has 3 aliphatic carbocycles. The largest absolute Gasteiger partial charge is 0.326 e. The van der Waals surface area contributed by atoms with E-state index in [1.54, 1.807) is 0 Å². The van der Waals surface area contributed by atoms with Gasteiger partial charge in [0.25, 0.3) is 0 Å². The highest BCUT2D eigenvalue weighted by Crippen LogP contribution is 2.48. The molecule has 0 amide bonds. The first-order chi connectivity index (χ1) is 8.63. The maximum absolute atomic E-state index is 6.35. The van der Waals surface area contributed by atoms with Crippen LogP contribution in [0.4, 0.5) is 0 Å². The fraction of sp³-hybridized carbons (Fsp3) is 1.00. The Morgan fingerprint density at radius 1 is 1.06 bits per heavy atom. The van der Waals surface area contributed by atoms with Gasteiger partial charge in [-0.3, -0.25) is 0 Å². The van der Waals surface area contributed by atoms with E-state index in [1.165, 1.54) is 51.5 Å². The summed E-state index contributed by atoms with van der Waals surface area (Å²) in [7, 11) is 2.33. The Hall–Kier alpha value is -0.0800. The van der Waals surface area contributed by atoms with Crippen LogP contribution < -0.4 is 5.73 Å². The Balaban J connectivity index is 1.55. The van der Waals surface area contributed by atoms with Crippen LogP contribution in [0.1, 0.15) is 51.9 Å². The van der Waals surface area contributed by atoms with E-state index >= 15 is 0 Å². The summed E-state index contributed by atoms with van der Waals surface area (Å²) in [5, 5.41) is 0.